The van der Waals surface area contributed by atoms with Gasteiger partial charge in [-0.1, -0.05) is 54.6 Å². The molecule has 0 unspecified atom stereocenters. The second-order valence-corrected chi connectivity index (χ2v) is 8.26. The molecule has 1 amide bonds. The molecule has 0 fully saturated rings. The molecule has 4 aromatic carbocycles. The average molecular weight is 471 g/mol. The predicted molar refractivity (Wildman–Crippen MR) is 131 cm³/mol. The molecular weight excluding hydrogens is 451 g/mol. The number of amides is 1. The number of fused-ring (bicyclic) bond motifs is 1. The summed E-state index contributed by atoms with van der Waals surface area (Å²) in [5, 5.41) is 9.19. The van der Waals surface area contributed by atoms with Gasteiger partial charge < -0.3 is 5.32 Å². The molecule has 7 heteroatoms. The molecule has 5 aromatic rings. The Bertz CT molecular complexity index is 1550. The summed E-state index contributed by atoms with van der Waals surface area (Å²) in [6.07, 6.45) is -4.50. The van der Waals surface area contributed by atoms with Gasteiger partial charge in [-0.25, -0.2) is 4.68 Å². The van der Waals surface area contributed by atoms with Crippen molar-refractivity contribution in [2.45, 2.75) is 13.1 Å². The minimum atomic E-state index is -4.50. The van der Waals surface area contributed by atoms with E-state index < -0.39 is 17.6 Å². The van der Waals surface area contributed by atoms with Crippen molar-refractivity contribution < 1.29 is 18.0 Å². The normalized spacial score (nSPS) is 11.5. The van der Waals surface area contributed by atoms with E-state index in [0.29, 0.717) is 5.69 Å². The molecule has 0 radical (unpaired) electrons. The standard InChI is InChI=1S/C28H20F3N3O/c1-18-6-4-11-24(14-18)34-26(21-13-12-19-7-2-3-8-20(19)15-21)17-25(33-34)27(35)32-23-10-5-9-22(16-23)28(29,30)31/h2-17H,1H3,(H,32,35). The molecule has 1 N–H and O–H groups in total. The fourth-order valence-electron chi connectivity index (χ4n) is 3.97. The molecule has 1 aromatic heterocycles. The zero-order valence-electron chi connectivity index (χ0n) is 18.7. The number of hydrogen-bond acceptors (Lipinski definition) is 2. The number of nitrogens with zero attached hydrogens (tertiary/aromatic N) is 2. The molecule has 0 aliphatic carbocycles. The highest BCUT2D eigenvalue weighted by Gasteiger charge is 2.30. The van der Waals surface area contributed by atoms with Gasteiger partial charge in [0, 0.05) is 11.3 Å². The summed E-state index contributed by atoms with van der Waals surface area (Å²) >= 11 is 0. The highest BCUT2D eigenvalue weighted by Crippen LogP contribution is 2.31. The molecular formula is C28H20F3N3O. The molecule has 0 spiro atoms. The number of anilines is 1. The van der Waals surface area contributed by atoms with Crippen LogP contribution in [0.2, 0.25) is 0 Å². The van der Waals surface area contributed by atoms with Gasteiger partial charge in [-0.05, 0) is 65.7 Å². The first-order valence-electron chi connectivity index (χ1n) is 10.9. The number of alkyl halides is 3. The van der Waals surface area contributed by atoms with E-state index in [2.05, 4.69) is 10.4 Å². The van der Waals surface area contributed by atoms with Crippen LogP contribution in [0.3, 0.4) is 0 Å². The SMILES string of the molecule is Cc1cccc(-n2nc(C(=O)Nc3cccc(C(F)(F)F)c3)cc2-c2ccc3ccccc3c2)c1. The summed E-state index contributed by atoms with van der Waals surface area (Å²) in [5.41, 5.74) is 2.64. The van der Waals surface area contributed by atoms with Gasteiger partial charge in [-0.3, -0.25) is 4.79 Å². The first kappa shape index (κ1) is 22.4. The van der Waals surface area contributed by atoms with Gasteiger partial charge >= 0.3 is 6.18 Å². The highest BCUT2D eigenvalue weighted by atomic mass is 19.4. The van der Waals surface area contributed by atoms with Gasteiger partial charge in [0.2, 0.25) is 0 Å². The van der Waals surface area contributed by atoms with Gasteiger partial charge in [0.25, 0.3) is 5.91 Å². The second kappa shape index (κ2) is 8.76. The summed E-state index contributed by atoms with van der Waals surface area (Å²) in [7, 11) is 0. The van der Waals surface area contributed by atoms with Crippen LogP contribution in [0.4, 0.5) is 18.9 Å². The molecule has 0 saturated carbocycles. The lowest BCUT2D eigenvalue weighted by Crippen LogP contribution is -2.14. The maximum atomic E-state index is 13.1. The Kier molecular flexibility index (Phi) is 5.61. The van der Waals surface area contributed by atoms with Crippen LogP contribution < -0.4 is 5.32 Å². The largest absolute Gasteiger partial charge is 0.416 e. The first-order valence-corrected chi connectivity index (χ1v) is 10.9. The van der Waals surface area contributed by atoms with Gasteiger partial charge in [-0.15, -0.1) is 0 Å². The Morgan fingerprint density at radius 2 is 1.60 bits per heavy atom. The first-order chi connectivity index (χ1) is 16.8. The van der Waals surface area contributed by atoms with Crippen molar-refractivity contribution in [2.24, 2.45) is 0 Å². The smallest absolute Gasteiger partial charge is 0.321 e. The third-order valence-electron chi connectivity index (χ3n) is 5.68. The lowest BCUT2D eigenvalue weighted by Gasteiger charge is -2.09. The Morgan fingerprint density at radius 3 is 2.37 bits per heavy atom. The number of carbonyl (C=O) groups is 1. The fraction of sp³-hybridized carbons (Fsp3) is 0.0714. The summed E-state index contributed by atoms with van der Waals surface area (Å²) in [4.78, 5) is 13.0. The Hall–Kier alpha value is -4.39. The molecule has 0 saturated heterocycles. The molecule has 4 nitrogen and oxygen atoms in total. The number of halogens is 3. The number of benzene rings is 4. The van der Waals surface area contributed by atoms with Crippen LogP contribution in [0.15, 0.2) is 97.1 Å². The Balaban J connectivity index is 1.56. The monoisotopic (exact) mass is 471 g/mol. The number of rotatable bonds is 4. The molecule has 35 heavy (non-hydrogen) atoms. The van der Waals surface area contributed by atoms with E-state index in [1.165, 1.54) is 12.1 Å². The number of aryl methyl sites for hydroxylation is 1. The van der Waals surface area contributed by atoms with Gasteiger partial charge in [0.15, 0.2) is 5.69 Å². The van der Waals surface area contributed by atoms with Crippen molar-refractivity contribution in [3.63, 3.8) is 0 Å². The quantitative estimate of drug-likeness (QED) is 0.300. The number of aromatic nitrogens is 2. The van der Waals surface area contributed by atoms with Crippen LogP contribution in [0.25, 0.3) is 27.7 Å². The van der Waals surface area contributed by atoms with Crippen LogP contribution in [0.5, 0.6) is 0 Å². The highest BCUT2D eigenvalue weighted by molar-refractivity contribution is 6.03. The molecule has 0 atom stereocenters. The molecule has 174 valence electrons. The van der Waals surface area contributed by atoms with Crippen molar-refractivity contribution in [3.8, 4) is 16.9 Å². The number of hydrogen-bond donors (Lipinski definition) is 1. The minimum absolute atomic E-state index is 0.0437. The summed E-state index contributed by atoms with van der Waals surface area (Å²) in [5.74, 6) is -0.599. The molecule has 0 bridgehead atoms. The molecule has 1 heterocycles. The van der Waals surface area contributed by atoms with Crippen LogP contribution in [0, 0.1) is 6.92 Å². The van der Waals surface area contributed by atoms with Gasteiger partial charge in [0.05, 0.1) is 16.9 Å². The zero-order valence-corrected chi connectivity index (χ0v) is 18.7. The summed E-state index contributed by atoms with van der Waals surface area (Å²) in [6, 6.07) is 27.8. The molecule has 0 aliphatic heterocycles. The van der Waals surface area contributed by atoms with Crippen molar-refractivity contribution in [2.75, 3.05) is 5.32 Å². The van der Waals surface area contributed by atoms with Gasteiger partial charge in [0.1, 0.15) is 0 Å². The molecule has 0 aliphatic rings. The van der Waals surface area contributed by atoms with Crippen molar-refractivity contribution in [1.29, 1.82) is 0 Å². The topological polar surface area (TPSA) is 46.9 Å². The second-order valence-electron chi connectivity index (χ2n) is 8.26. The predicted octanol–water partition coefficient (Wildman–Crippen LogP) is 7.27. The van der Waals surface area contributed by atoms with Crippen molar-refractivity contribution >= 4 is 22.4 Å². The fourth-order valence-corrected chi connectivity index (χ4v) is 3.97. The van der Waals surface area contributed by atoms with Crippen LogP contribution >= 0.6 is 0 Å². The van der Waals surface area contributed by atoms with Crippen LogP contribution in [-0.4, -0.2) is 15.7 Å². The van der Waals surface area contributed by atoms with Crippen LogP contribution in [0.1, 0.15) is 21.6 Å². The zero-order chi connectivity index (χ0) is 24.6. The summed E-state index contributed by atoms with van der Waals surface area (Å²) < 4.78 is 40.9. The lowest BCUT2D eigenvalue weighted by atomic mass is 10.0. The lowest BCUT2D eigenvalue weighted by molar-refractivity contribution is -0.137. The van der Waals surface area contributed by atoms with E-state index in [-0.39, 0.29) is 11.4 Å². The van der Waals surface area contributed by atoms with E-state index in [1.807, 2.05) is 73.7 Å². The van der Waals surface area contributed by atoms with Crippen molar-refractivity contribution in [3.05, 3.63) is 114 Å². The third kappa shape index (κ3) is 4.66. The van der Waals surface area contributed by atoms with E-state index in [0.717, 1.165) is 39.7 Å². The number of carbonyl (C=O) groups excluding carboxylic acids is 1. The van der Waals surface area contributed by atoms with E-state index in [9.17, 15) is 18.0 Å². The Morgan fingerprint density at radius 1 is 0.829 bits per heavy atom. The van der Waals surface area contributed by atoms with E-state index in [4.69, 9.17) is 0 Å². The van der Waals surface area contributed by atoms with E-state index >= 15 is 0 Å². The Labute approximate surface area is 199 Å². The summed E-state index contributed by atoms with van der Waals surface area (Å²) in [6.45, 7) is 1.96. The van der Waals surface area contributed by atoms with E-state index in [1.54, 1.807) is 10.7 Å². The molecule has 5 rings (SSSR count). The minimum Gasteiger partial charge on any atom is -0.321 e. The number of nitrogens with one attached hydrogen (secondary N) is 1. The maximum Gasteiger partial charge on any atom is 0.416 e. The van der Waals surface area contributed by atoms with Crippen molar-refractivity contribution in [1.82, 2.24) is 9.78 Å². The third-order valence-corrected chi connectivity index (χ3v) is 5.68. The maximum absolute atomic E-state index is 13.1. The van der Waals surface area contributed by atoms with Gasteiger partial charge in [-0.2, -0.15) is 18.3 Å². The van der Waals surface area contributed by atoms with Crippen LogP contribution in [-0.2, 0) is 6.18 Å². The average Bonchev–Trinajstić information content (AvgIpc) is 3.29.